The molecule has 0 aliphatic rings. The molecule has 1 aromatic rings. The molecule has 0 unspecified atom stereocenters. The van der Waals surface area contributed by atoms with Gasteiger partial charge >= 0.3 is 0 Å². The molecule has 0 radical (unpaired) electrons. The second kappa shape index (κ2) is 11.1. The molecule has 0 saturated carbocycles. The van der Waals surface area contributed by atoms with Crippen LogP contribution in [0.25, 0.3) is 0 Å². The summed E-state index contributed by atoms with van der Waals surface area (Å²) in [5, 5.41) is 0. The lowest BCUT2D eigenvalue weighted by atomic mass is 10.1. The van der Waals surface area contributed by atoms with Crippen molar-refractivity contribution in [1.29, 1.82) is 0 Å². The Morgan fingerprint density at radius 1 is 1.14 bits per heavy atom. The van der Waals surface area contributed by atoms with Crippen LogP contribution in [0, 0.1) is 12.8 Å². The zero-order valence-electron chi connectivity index (χ0n) is 13.9. The highest BCUT2D eigenvalue weighted by Gasteiger charge is 2.16. The first-order valence-corrected chi connectivity index (χ1v) is 8.83. The van der Waals surface area contributed by atoms with Crippen LogP contribution >= 0.6 is 11.6 Å². The smallest absolute Gasteiger partial charge is 0.105 e. The van der Waals surface area contributed by atoms with Gasteiger partial charge in [0.05, 0.1) is 12.6 Å². The van der Waals surface area contributed by atoms with Crippen LogP contribution in [0.5, 0.6) is 0 Å². The molecule has 0 aliphatic heterocycles. The van der Waals surface area contributed by atoms with E-state index in [0.29, 0.717) is 12.0 Å². The van der Waals surface area contributed by atoms with Gasteiger partial charge in [0, 0.05) is 24.9 Å². The molecule has 0 N–H and O–H groups in total. The second-order valence-corrected chi connectivity index (χ2v) is 6.46. The van der Waals surface area contributed by atoms with E-state index in [0.717, 1.165) is 37.8 Å². The number of rotatable bonds is 12. The largest absolute Gasteiger partial charge is 0.379 e. The van der Waals surface area contributed by atoms with E-state index in [2.05, 4.69) is 36.5 Å². The minimum absolute atomic E-state index is 0.385. The molecule has 3 nitrogen and oxygen atoms in total. The lowest BCUT2D eigenvalue weighted by Crippen LogP contribution is -2.21. The zero-order chi connectivity index (χ0) is 15.5. The summed E-state index contributed by atoms with van der Waals surface area (Å²) in [6, 6.07) is 0.385. The predicted octanol–water partition coefficient (Wildman–Crippen LogP) is 4.98. The topological polar surface area (TPSA) is 27.1 Å². The quantitative estimate of drug-likeness (QED) is 0.401. The van der Waals surface area contributed by atoms with E-state index in [1.165, 1.54) is 25.7 Å². The molecule has 0 aromatic carbocycles. The van der Waals surface area contributed by atoms with E-state index in [9.17, 15) is 0 Å². The summed E-state index contributed by atoms with van der Waals surface area (Å²) >= 11 is 5.66. The van der Waals surface area contributed by atoms with Crippen LogP contribution in [0.4, 0.5) is 0 Å². The minimum Gasteiger partial charge on any atom is -0.379 e. The molecule has 1 heterocycles. The first-order chi connectivity index (χ1) is 10.2. The number of hydrogen-bond acceptors (Lipinski definition) is 2. The lowest BCUT2D eigenvalue weighted by molar-refractivity contribution is 0.0831. The standard InChI is InChI=1S/C17H31ClN2O/c1-15(2)17(20-12-11-19-16(20)3)14-21-13-9-7-5-4-6-8-10-18/h11-12,15,17H,4-10,13-14H2,1-3H3/t17-/m0/s1. The number of alkyl halides is 1. The predicted molar refractivity (Wildman–Crippen MR) is 90.1 cm³/mol. The van der Waals surface area contributed by atoms with Crippen molar-refractivity contribution < 1.29 is 4.74 Å². The van der Waals surface area contributed by atoms with Gasteiger partial charge in [-0.3, -0.25) is 0 Å². The van der Waals surface area contributed by atoms with Crippen LogP contribution in [0.3, 0.4) is 0 Å². The zero-order valence-corrected chi connectivity index (χ0v) is 14.6. The first kappa shape index (κ1) is 18.5. The molecule has 122 valence electrons. The van der Waals surface area contributed by atoms with Crippen LogP contribution in [0.1, 0.15) is 64.2 Å². The van der Waals surface area contributed by atoms with Crippen molar-refractivity contribution >= 4 is 11.6 Å². The normalized spacial score (nSPS) is 13.0. The molecule has 1 rings (SSSR count). The van der Waals surface area contributed by atoms with Crippen LogP contribution in [-0.4, -0.2) is 28.6 Å². The molecule has 0 fully saturated rings. The third-order valence-corrected chi connectivity index (χ3v) is 4.22. The van der Waals surface area contributed by atoms with E-state index in [-0.39, 0.29) is 0 Å². The van der Waals surface area contributed by atoms with Crippen molar-refractivity contribution in [3.05, 3.63) is 18.2 Å². The molecule has 4 heteroatoms. The summed E-state index contributed by atoms with van der Waals surface area (Å²) in [6.45, 7) is 8.18. The molecule has 1 atom stereocenters. The van der Waals surface area contributed by atoms with Crippen LogP contribution in [-0.2, 0) is 4.74 Å². The van der Waals surface area contributed by atoms with Gasteiger partial charge in [0.15, 0.2) is 0 Å². The fraction of sp³-hybridized carbons (Fsp3) is 0.824. The fourth-order valence-corrected chi connectivity index (χ4v) is 2.73. The first-order valence-electron chi connectivity index (χ1n) is 8.30. The molecule has 21 heavy (non-hydrogen) atoms. The highest BCUT2D eigenvalue weighted by Crippen LogP contribution is 2.19. The van der Waals surface area contributed by atoms with E-state index < -0.39 is 0 Å². The van der Waals surface area contributed by atoms with Crippen molar-refractivity contribution in [3.63, 3.8) is 0 Å². The van der Waals surface area contributed by atoms with Gasteiger partial charge in [-0.1, -0.05) is 39.5 Å². The van der Waals surface area contributed by atoms with Crippen LogP contribution < -0.4 is 0 Å². The number of halogens is 1. The van der Waals surface area contributed by atoms with Crippen molar-refractivity contribution in [2.75, 3.05) is 19.1 Å². The van der Waals surface area contributed by atoms with E-state index in [4.69, 9.17) is 16.3 Å². The maximum atomic E-state index is 5.89. The summed E-state index contributed by atoms with van der Waals surface area (Å²) in [4.78, 5) is 4.31. The monoisotopic (exact) mass is 314 g/mol. The van der Waals surface area contributed by atoms with Gasteiger partial charge in [0.1, 0.15) is 5.82 Å². The summed E-state index contributed by atoms with van der Waals surface area (Å²) in [6.07, 6.45) is 11.4. The fourth-order valence-electron chi connectivity index (χ4n) is 2.54. The third-order valence-electron chi connectivity index (χ3n) is 3.95. The molecular formula is C17H31ClN2O. The van der Waals surface area contributed by atoms with Gasteiger partial charge in [-0.05, 0) is 25.7 Å². The van der Waals surface area contributed by atoms with Gasteiger partial charge in [0.25, 0.3) is 0 Å². The maximum Gasteiger partial charge on any atom is 0.105 e. The summed E-state index contributed by atoms with van der Waals surface area (Å²) < 4.78 is 8.13. The highest BCUT2D eigenvalue weighted by atomic mass is 35.5. The van der Waals surface area contributed by atoms with E-state index in [1.54, 1.807) is 0 Å². The second-order valence-electron chi connectivity index (χ2n) is 6.08. The van der Waals surface area contributed by atoms with Gasteiger partial charge in [-0.15, -0.1) is 11.6 Å². The molecular weight excluding hydrogens is 284 g/mol. The average molecular weight is 315 g/mol. The SMILES string of the molecule is Cc1nccn1[C@@H](COCCCCCCCCCl)C(C)C. The van der Waals surface area contributed by atoms with Crippen molar-refractivity contribution in [1.82, 2.24) is 9.55 Å². The molecule has 0 saturated heterocycles. The van der Waals surface area contributed by atoms with Gasteiger partial charge < -0.3 is 9.30 Å². The number of aromatic nitrogens is 2. The van der Waals surface area contributed by atoms with Crippen molar-refractivity contribution in [2.24, 2.45) is 5.92 Å². The Morgan fingerprint density at radius 3 is 2.38 bits per heavy atom. The summed E-state index contributed by atoms with van der Waals surface area (Å²) in [7, 11) is 0. The summed E-state index contributed by atoms with van der Waals surface area (Å²) in [5.41, 5.74) is 0. The van der Waals surface area contributed by atoms with Gasteiger partial charge in [-0.2, -0.15) is 0 Å². The van der Waals surface area contributed by atoms with Crippen LogP contribution in [0.15, 0.2) is 12.4 Å². The molecule has 0 spiro atoms. The Hall–Kier alpha value is -0.540. The van der Waals surface area contributed by atoms with Crippen molar-refractivity contribution in [3.8, 4) is 0 Å². The van der Waals surface area contributed by atoms with Gasteiger partial charge in [-0.25, -0.2) is 4.98 Å². The minimum atomic E-state index is 0.385. The Morgan fingerprint density at radius 2 is 1.81 bits per heavy atom. The number of unbranched alkanes of at least 4 members (excludes halogenated alkanes) is 5. The number of ether oxygens (including phenoxy) is 1. The Labute approximate surface area is 135 Å². The van der Waals surface area contributed by atoms with E-state index in [1.807, 2.05) is 6.20 Å². The number of hydrogen-bond donors (Lipinski definition) is 0. The van der Waals surface area contributed by atoms with Crippen LogP contribution in [0.2, 0.25) is 0 Å². The van der Waals surface area contributed by atoms with E-state index >= 15 is 0 Å². The Bertz CT molecular complexity index is 365. The highest BCUT2D eigenvalue weighted by molar-refractivity contribution is 6.17. The maximum absolute atomic E-state index is 5.89. The molecule has 0 aliphatic carbocycles. The third kappa shape index (κ3) is 7.32. The van der Waals surface area contributed by atoms with Gasteiger partial charge in [0.2, 0.25) is 0 Å². The Kier molecular flexibility index (Phi) is 9.77. The summed E-state index contributed by atoms with van der Waals surface area (Å²) in [5.74, 6) is 2.41. The average Bonchev–Trinajstić information content (AvgIpc) is 2.87. The molecule has 0 amide bonds. The number of aryl methyl sites for hydroxylation is 1. The van der Waals surface area contributed by atoms with Crippen molar-refractivity contribution in [2.45, 2.75) is 65.3 Å². The number of imidazole rings is 1. The number of nitrogens with zero attached hydrogens (tertiary/aromatic N) is 2. The Balaban J connectivity index is 2.14. The molecule has 0 bridgehead atoms. The lowest BCUT2D eigenvalue weighted by Gasteiger charge is -2.23. The molecule has 1 aromatic heterocycles.